The largest absolute Gasteiger partial charge is 0.438 e. The van der Waals surface area contributed by atoms with Crippen molar-refractivity contribution in [3.8, 4) is 0 Å². The van der Waals surface area contributed by atoms with E-state index in [1.54, 1.807) is 0 Å². The van der Waals surface area contributed by atoms with E-state index in [9.17, 15) is 38.4 Å². The Morgan fingerprint density at radius 1 is 0.327 bits per heavy atom. The molecule has 16 aliphatic rings. The average molecular weight is 2080 g/mol. The number of carbonyl (C=O) groups excluding carboxylic acids is 8. The van der Waals surface area contributed by atoms with E-state index in [4.69, 9.17) is 75.8 Å². The Balaban J connectivity index is 0.000000205. The predicted octanol–water partition coefficient (Wildman–Crippen LogP) is 28.8. The van der Waals surface area contributed by atoms with E-state index in [0.29, 0.717) is 34.7 Å². The molecular formula is C123H216O24. The molecular weight excluding hydrogens is 1860 g/mol. The molecule has 2 aliphatic heterocycles. The minimum atomic E-state index is -0.297. The van der Waals surface area contributed by atoms with Gasteiger partial charge >= 0.3 is 47.8 Å². The van der Waals surface area contributed by atoms with Gasteiger partial charge in [0.25, 0.3) is 0 Å². The van der Waals surface area contributed by atoms with Gasteiger partial charge in [-0.3, -0.25) is 38.4 Å². The Morgan fingerprint density at radius 3 is 1.12 bits per heavy atom. The van der Waals surface area contributed by atoms with E-state index in [1.807, 2.05) is 111 Å². The molecule has 0 radical (unpaired) electrons. The number of hydrogen-bond donors (Lipinski definition) is 0. The summed E-state index contributed by atoms with van der Waals surface area (Å²) in [5.41, 5.74) is 2.13. The summed E-state index contributed by atoms with van der Waals surface area (Å²) < 4.78 is 88.5. The number of hydrogen-bond acceptors (Lipinski definition) is 24. The molecule has 147 heavy (non-hydrogen) atoms. The summed E-state index contributed by atoms with van der Waals surface area (Å²) in [6.07, 6.45) is 46.5. The highest BCUT2D eigenvalue weighted by Gasteiger charge is 2.62. The average Bonchev–Trinajstić information content (AvgIpc) is 1.71. The second kappa shape index (κ2) is 57.9. The Kier molecular flexibility index (Phi) is 50.3. The highest BCUT2D eigenvalue weighted by molar-refractivity contribution is 5.74. The molecule has 0 aromatic heterocycles. The molecule has 16 fully saturated rings. The van der Waals surface area contributed by atoms with Gasteiger partial charge in [0.15, 0.2) is 40.8 Å². The Morgan fingerprint density at radius 2 is 0.707 bits per heavy atom. The summed E-state index contributed by atoms with van der Waals surface area (Å²) >= 11 is 0. The lowest BCUT2D eigenvalue weighted by Crippen LogP contribution is -2.53. The number of esters is 8. The van der Waals surface area contributed by atoms with Crippen molar-refractivity contribution in [1.29, 1.82) is 0 Å². The maximum atomic E-state index is 12.0. The van der Waals surface area contributed by atoms with Gasteiger partial charge in [-0.05, 0) is 314 Å². The molecule has 2 heterocycles. The van der Waals surface area contributed by atoms with Gasteiger partial charge in [-0.25, -0.2) is 0 Å². The van der Waals surface area contributed by atoms with Gasteiger partial charge in [0.05, 0.1) is 98.2 Å². The minimum Gasteiger partial charge on any atom is -0.438 e. The van der Waals surface area contributed by atoms with Gasteiger partial charge in [-0.15, -0.1) is 0 Å². The topological polar surface area (TPSA) is 284 Å². The Labute approximate surface area is 892 Å². The lowest BCUT2D eigenvalue weighted by molar-refractivity contribution is -0.199. The predicted molar refractivity (Wildman–Crippen MR) is 575 cm³/mol. The maximum absolute atomic E-state index is 12.0. The molecule has 10 bridgehead atoms. The third kappa shape index (κ3) is 35.5. The lowest BCUT2D eigenvalue weighted by atomic mass is 9.46. The highest BCUT2D eigenvalue weighted by Crippen LogP contribution is 2.66. The highest BCUT2D eigenvalue weighted by atomic mass is 16.7. The quantitative estimate of drug-likeness (QED) is 0.0239. The minimum absolute atomic E-state index is 0.00348. The van der Waals surface area contributed by atoms with E-state index in [0.717, 1.165) is 157 Å². The molecule has 21 unspecified atom stereocenters. The summed E-state index contributed by atoms with van der Waals surface area (Å²) in [6, 6.07) is 0. The Bertz CT molecular complexity index is 3880. The molecule has 24 heteroatoms. The van der Waals surface area contributed by atoms with Crippen molar-refractivity contribution in [2.75, 3.05) is 67.2 Å². The first kappa shape index (κ1) is 128. The summed E-state index contributed by atoms with van der Waals surface area (Å²) in [5.74, 6) is 7.63. The first-order valence-corrected chi connectivity index (χ1v) is 59.4. The third-order valence-corrected chi connectivity index (χ3v) is 39.7. The molecule has 0 aromatic carbocycles. The van der Waals surface area contributed by atoms with Crippen LogP contribution in [0, 0.1) is 167 Å². The van der Waals surface area contributed by atoms with Crippen molar-refractivity contribution in [2.45, 2.75) is 502 Å². The molecule has 14 saturated carbocycles. The maximum Gasteiger partial charge on any atom is 0.310 e. The van der Waals surface area contributed by atoms with Gasteiger partial charge in [0.1, 0.15) is 0 Å². The van der Waals surface area contributed by atoms with Gasteiger partial charge in [0, 0.05) is 11.3 Å². The van der Waals surface area contributed by atoms with Crippen LogP contribution in [0.4, 0.5) is 0 Å². The van der Waals surface area contributed by atoms with Crippen molar-refractivity contribution in [2.24, 2.45) is 167 Å². The van der Waals surface area contributed by atoms with Crippen LogP contribution in [-0.4, -0.2) is 152 Å². The standard InChI is InChI=1S/C18H30O3.C16H28O3.C16H30O3.2C15H26O3.C15H28O3.C14H22O3.C14H26O3/c1-4-12(2)17(19)21-11-20-10-18(3)15-6-13-5-14(8-15)9-16(18)7-13;1-6-11(2)13(17)18-10-19-14-15(3,4)12-7-8-16(14,5)9-12;1-7-12(2)13(17)18-11-19-14-15(3,4)9-8-10-16(14,5)6;1-4-11(2)14(16)18-10-17-9-15(3)8-12-5-6-13(15)7-12;1-4-11(2)13(16)18-14-15(10-12(3)17-14)8-6-5-7-9-15;1-7-11(2)12(16)17-10-18-13-14(3,4)8-9-15(13,5)6;1-3-8(2)13(15)17-14-12-10-5-4-9(6-10)11(12)7-16-14;1-4-12(2)13(15)17-11-16-10-14(3)8-6-5-7-9-14/h12-16H,4-11H2,1-3H3;11-12,14H,6-10H2,1-5H3;12,14H,7-11H2,1-6H3;11-13H,4-10H2,1-3H3;11-12,14H,4-10H2,1-3H3;11,13H,7-10H2,1-6H3;8-12,14H,3-7H2,1-2H3;12H,4-11H2,1-3H3. The number of carbonyl (C=O) groups is 8. The van der Waals surface area contributed by atoms with E-state index >= 15 is 0 Å². The number of ether oxygens (including phenoxy) is 16. The van der Waals surface area contributed by atoms with Crippen molar-refractivity contribution in [3.63, 3.8) is 0 Å². The van der Waals surface area contributed by atoms with Crippen LogP contribution in [0.25, 0.3) is 0 Å². The van der Waals surface area contributed by atoms with Crippen molar-refractivity contribution in [1.82, 2.24) is 0 Å². The summed E-state index contributed by atoms with van der Waals surface area (Å²) in [6.45, 7) is 68.7. The summed E-state index contributed by atoms with van der Waals surface area (Å²) in [5, 5.41) is 0. The SMILES string of the molecule is CCC(C)C(=O)OC1OC(C)CC12CCCCC2.CCC(C)C(=O)OC1OCC2C3CCC(C3)C12.CCC(C)C(=O)OCOC1C(C)(C)CCC1(C)C.CCC(C)C(=O)OCOC1C(C)(C)CCCC1(C)C.CCC(C)C(=O)OCOC1C2(C)CCC(C2)C1(C)C.CCC(C)C(=O)OCOCC1(C)C2CC3CC(C2)CC1C3.CCC(C)C(=O)OCOCC1(C)CC2CCC1C2.CCC(C)C(=O)OCOCC1(C)CCCCC1. The van der Waals surface area contributed by atoms with Crippen LogP contribution in [0.15, 0.2) is 0 Å². The monoisotopic (exact) mass is 2080 g/mol. The number of fused-ring (bicyclic) bond motifs is 9. The number of rotatable bonds is 39. The first-order chi connectivity index (χ1) is 69.1. The zero-order valence-corrected chi connectivity index (χ0v) is 98.9. The fourth-order valence-electron chi connectivity index (χ4n) is 28.5. The van der Waals surface area contributed by atoms with E-state index < -0.39 is 0 Å². The zero-order valence-electron chi connectivity index (χ0n) is 98.9. The second-order valence-corrected chi connectivity index (χ2v) is 53.8. The van der Waals surface area contributed by atoms with E-state index in [1.165, 1.54) is 167 Å². The van der Waals surface area contributed by atoms with Crippen molar-refractivity contribution < 1.29 is 114 Å². The molecule has 0 aromatic rings. The molecule has 2 saturated heterocycles. The van der Waals surface area contributed by atoms with Crippen LogP contribution in [0.3, 0.4) is 0 Å². The second-order valence-electron chi connectivity index (χ2n) is 53.8. The third-order valence-electron chi connectivity index (χ3n) is 39.7. The van der Waals surface area contributed by atoms with Crippen LogP contribution < -0.4 is 0 Å². The normalized spacial score (nSPS) is 32.8. The van der Waals surface area contributed by atoms with Crippen LogP contribution in [0.1, 0.15) is 465 Å². The van der Waals surface area contributed by atoms with Gasteiger partial charge in [-0.2, -0.15) is 0 Å². The summed E-state index contributed by atoms with van der Waals surface area (Å²) in [7, 11) is 0. The van der Waals surface area contributed by atoms with Gasteiger partial charge in [-0.1, -0.05) is 259 Å². The van der Waals surface area contributed by atoms with Crippen molar-refractivity contribution >= 4 is 47.8 Å². The molecule has 0 N–H and O–H groups in total. The Hall–Kier alpha value is -4.56. The van der Waals surface area contributed by atoms with E-state index in [2.05, 4.69) is 104 Å². The fraction of sp³-hybridized carbons (Fsp3) is 0.935. The molecule has 1 spiro atoms. The fourth-order valence-corrected chi connectivity index (χ4v) is 28.5. The molecule has 0 amide bonds. The van der Waals surface area contributed by atoms with Crippen molar-refractivity contribution in [3.05, 3.63) is 0 Å². The molecule has 24 nitrogen and oxygen atoms in total. The smallest absolute Gasteiger partial charge is 0.310 e. The van der Waals surface area contributed by atoms with Crippen LogP contribution in [0.2, 0.25) is 0 Å². The zero-order chi connectivity index (χ0) is 109. The molecule has 852 valence electrons. The summed E-state index contributed by atoms with van der Waals surface area (Å²) in [4.78, 5) is 93.2. The van der Waals surface area contributed by atoms with Crippen LogP contribution in [-0.2, 0) is 114 Å². The van der Waals surface area contributed by atoms with Crippen LogP contribution in [0.5, 0.6) is 0 Å². The van der Waals surface area contributed by atoms with E-state index in [-0.39, 0.29) is 211 Å². The first-order valence-electron chi connectivity index (χ1n) is 59.4. The van der Waals surface area contributed by atoms with Gasteiger partial charge in [0.2, 0.25) is 12.6 Å². The molecule has 16 rings (SSSR count). The lowest BCUT2D eigenvalue weighted by Gasteiger charge is -2.60. The van der Waals surface area contributed by atoms with Crippen LogP contribution >= 0.6 is 0 Å². The van der Waals surface area contributed by atoms with Gasteiger partial charge < -0.3 is 75.8 Å². The molecule has 21 atom stereocenters. The molecule has 14 aliphatic carbocycles.